The number of aromatic amines is 1. The third-order valence-corrected chi connectivity index (χ3v) is 3.22. The van der Waals surface area contributed by atoms with Crippen LogP contribution in [0.3, 0.4) is 0 Å². The van der Waals surface area contributed by atoms with Gasteiger partial charge in [0.1, 0.15) is 5.76 Å². The lowest BCUT2D eigenvalue weighted by atomic mass is 10.2. The zero-order valence-corrected chi connectivity index (χ0v) is 11.1. The molecule has 0 radical (unpaired) electrons. The number of imidazole rings is 1. The monoisotopic (exact) mass is 269 g/mol. The van der Waals surface area contributed by atoms with Gasteiger partial charge in [-0.15, -0.1) is 0 Å². The van der Waals surface area contributed by atoms with Crippen molar-refractivity contribution < 1.29 is 4.42 Å². The van der Waals surface area contributed by atoms with Crippen LogP contribution in [0.2, 0.25) is 0 Å². The molecule has 1 aromatic carbocycles. The maximum Gasteiger partial charge on any atom is 0.330 e. The fraction of sp³-hybridized carbons (Fsp3) is 0.133. The molecule has 0 atom stereocenters. The van der Waals surface area contributed by atoms with Crippen LogP contribution in [0.5, 0.6) is 0 Å². The van der Waals surface area contributed by atoms with Crippen molar-refractivity contribution in [2.75, 3.05) is 5.32 Å². The first-order chi connectivity index (χ1) is 9.74. The van der Waals surface area contributed by atoms with Crippen molar-refractivity contribution in [1.82, 2.24) is 9.55 Å². The van der Waals surface area contributed by atoms with Gasteiger partial charge in [0.25, 0.3) is 0 Å². The highest BCUT2D eigenvalue weighted by atomic mass is 16.3. The quantitative estimate of drug-likeness (QED) is 0.765. The van der Waals surface area contributed by atoms with Gasteiger partial charge in [0.2, 0.25) is 0 Å². The molecule has 102 valence electrons. The number of hydrogen-bond donors (Lipinski definition) is 2. The summed E-state index contributed by atoms with van der Waals surface area (Å²) >= 11 is 0. The van der Waals surface area contributed by atoms with E-state index in [2.05, 4.69) is 10.3 Å². The molecule has 2 heterocycles. The Hall–Kier alpha value is -2.69. The number of furan rings is 1. The summed E-state index contributed by atoms with van der Waals surface area (Å²) in [6, 6.07) is 9.61. The molecular weight excluding hydrogens is 254 g/mol. The smallest absolute Gasteiger partial charge is 0.330 e. The number of anilines is 1. The summed E-state index contributed by atoms with van der Waals surface area (Å²) in [5.74, 6) is 0.927. The predicted octanol–water partition coefficient (Wildman–Crippen LogP) is 2.68. The summed E-state index contributed by atoms with van der Waals surface area (Å²) in [4.78, 5) is 14.1. The first-order valence-electron chi connectivity index (χ1n) is 6.37. The molecular formula is C15H15N3O2. The average molecular weight is 269 g/mol. The number of nitrogens with one attached hydrogen (secondary N) is 2. The topological polar surface area (TPSA) is 63.0 Å². The Morgan fingerprint density at radius 3 is 2.65 bits per heavy atom. The van der Waals surface area contributed by atoms with Gasteiger partial charge in [0.15, 0.2) is 0 Å². The third kappa shape index (κ3) is 2.38. The van der Waals surface area contributed by atoms with Gasteiger partial charge in [-0.2, -0.15) is 0 Å². The Balaban J connectivity index is 1.72. The zero-order valence-electron chi connectivity index (χ0n) is 11.1. The van der Waals surface area contributed by atoms with E-state index in [0.717, 1.165) is 22.7 Å². The largest absolute Gasteiger partial charge is 0.467 e. The molecule has 0 aliphatic heterocycles. The highest BCUT2D eigenvalue weighted by Crippen LogP contribution is 2.15. The van der Waals surface area contributed by atoms with Gasteiger partial charge in [-0.1, -0.05) is 0 Å². The van der Waals surface area contributed by atoms with Gasteiger partial charge in [0, 0.05) is 18.1 Å². The summed E-state index contributed by atoms with van der Waals surface area (Å²) in [5, 5.41) is 3.29. The van der Waals surface area contributed by atoms with Gasteiger partial charge in [0.05, 0.1) is 18.5 Å². The number of nitrogens with zero attached hydrogens (tertiary/aromatic N) is 1. The van der Waals surface area contributed by atoms with Crippen molar-refractivity contribution >= 4 is 5.69 Å². The number of aromatic nitrogens is 2. The summed E-state index contributed by atoms with van der Waals surface area (Å²) in [6.07, 6.45) is 5.01. The van der Waals surface area contributed by atoms with Gasteiger partial charge >= 0.3 is 5.69 Å². The van der Waals surface area contributed by atoms with Crippen LogP contribution in [0.15, 0.2) is 58.2 Å². The van der Waals surface area contributed by atoms with E-state index in [4.69, 9.17) is 4.42 Å². The fourth-order valence-corrected chi connectivity index (χ4v) is 2.03. The molecule has 5 heteroatoms. The van der Waals surface area contributed by atoms with E-state index in [-0.39, 0.29) is 5.69 Å². The molecule has 0 fully saturated rings. The van der Waals surface area contributed by atoms with Crippen LogP contribution in [0.4, 0.5) is 5.69 Å². The first kappa shape index (κ1) is 12.3. The van der Waals surface area contributed by atoms with Crippen molar-refractivity contribution in [2.24, 2.45) is 0 Å². The van der Waals surface area contributed by atoms with E-state index in [1.165, 1.54) is 0 Å². The zero-order chi connectivity index (χ0) is 13.9. The number of rotatable bonds is 4. The Labute approximate surface area is 115 Å². The van der Waals surface area contributed by atoms with Crippen molar-refractivity contribution in [3.63, 3.8) is 0 Å². The molecule has 0 saturated heterocycles. The van der Waals surface area contributed by atoms with Crippen LogP contribution < -0.4 is 11.0 Å². The van der Waals surface area contributed by atoms with Crippen LogP contribution in [0, 0.1) is 6.92 Å². The maximum atomic E-state index is 11.5. The highest BCUT2D eigenvalue weighted by Gasteiger charge is 2.02. The SMILES string of the molecule is Cc1ccoc1CNc1ccc(-n2cc[nH]c2=O)cc1. The van der Waals surface area contributed by atoms with E-state index < -0.39 is 0 Å². The van der Waals surface area contributed by atoms with E-state index in [0.29, 0.717) is 6.54 Å². The third-order valence-electron chi connectivity index (χ3n) is 3.22. The molecule has 2 N–H and O–H groups in total. The van der Waals surface area contributed by atoms with Crippen LogP contribution in [0.25, 0.3) is 5.69 Å². The van der Waals surface area contributed by atoms with Gasteiger partial charge in [-0.3, -0.25) is 4.57 Å². The normalized spacial score (nSPS) is 10.7. The molecule has 0 amide bonds. The Kier molecular flexibility index (Phi) is 3.16. The predicted molar refractivity (Wildman–Crippen MR) is 77.2 cm³/mol. The number of aryl methyl sites for hydroxylation is 1. The minimum absolute atomic E-state index is 0.142. The summed E-state index contributed by atoms with van der Waals surface area (Å²) in [7, 11) is 0. The molecule has 2 aromatic heterocycles. The molecule has 20 heavy (non-hydrogen) atoms. The Morgan fingerprint density at radius 2 is 2.05 bits per heavy atom. The van der Waals surface area contributed by atoms with Crippen LogP contribution in [0.1, 0.15) is 11.3 Å². The van der Waals surface area contributed by atoms with Crippen molar-refractivity contribution in [2.45, 2.75) is 13.5 Å². The van der Waals surface area contributed by atoms with Crippen molar-refractivity contribution in [1.29, 1.82) is 0 Å². The van der Waals surface area contributed by atoms with Gasteiger partial charge in [-0.05, 0) is 42.8 Å². The molecule has 0 bridgehead atoms. The number of benzene rings is 1. The lowest BCUT2D eigenvalue weighted by molar-refractivity contribution is 0.515. The molecule has 0 unspecified atom stereocenters. The van der Waals surface area contributed by atoms with Crippen LogP contribution in [-0.2, 0) is 6.54 Å². The van der Waals surface area contributed by atoms with Gasteiger partial charge < -0.3 is 14.7 Å². The van der Waals surface area contributed by atoms with E-state index in [1.54, 1.807) is 23.2 Å². The Morgan fingerprint density at radius 1 is 1.25 bits per heavy atom. The molecule has 0 aliphatic rings. The van der Waals surface area contributed by atoms with E-state index >= 15 is 0 Å². The highest BCUT2D eigenvalue weighted by molar-refractivity contribution is 5.49. The van der Waals surface area contributed by atoms with E-state index in [9.17, 15) is 4.79 Å². The standard InChI is InChI=1S/C15H15N3O2/c1-11-6-9-20-14(11)10-17-12-2-4-13(5-3-12)18-8-7-16-15(18)19/h2-9,17H,10H2,1H3,(H,16,19). The lowest BCUT2D eigenvalue weighted by Crippen LogP contribution is -2.13. The molecule has 0 spiro atoms. The minimum atomic E-state index is -0.142. The lowest BCUT2D eigenvalue weighted by Gasteiger charge is -2.07. The second-order valence-electron chi connectivity index (χ2n) is 4.56. The second kappa shape index (κ2) is 5.13. The summed E-state index contributed by atoms with van der Waals surface area (Å²) < 4.78 is 6.93. The fourth-order valence-electron chi connectivity index (χ4n) is 2.03. The van der Waals surface area contributed by atoms with Crippen molar-refractivity contribution in [3.05, 3.63) is 70.8 Å². The molecule has 0 saturated carbocycles. The molecule has 5 nitrogen and oxygen atoms in total. The maximum absolute atomic E-state index is 11.5. The molecule has 3 aromatic rings. The first-order valence-corrected chi connectivity index (χ1v) is 6.37. The number of hydrogen-bond acceptors (Lipinski definition) is 3. The van der Waals surface area contributed by atoms with Crippen LogP contribution >= 0.6 is 0 Å². The van der Waals surface area contributed by atoms with Crippen molar-refractivity contribution in [3.8, 4) is 5.69 Å². The molecule has 0 aliphatic carbocycles. The average Bonchev–Trinajstić information content (AvgIpc) is 3.06. The van der Waals surface area contributed by atoms with E-state index in [1.807, 2.05) is 37.3 Å². The molecule has 3 rings (SSSR count). The Bertz CT molecular complexity index is 750. The van der Waals surface area contributed by atoms with Crippen LogP contribution in [-0.4, -0.2) is 9.55 Å². The summed E-state index contributed by atoms with van der Waals surface area (Å²) in [6.45, 7) is 2.66. The second-order valence-corrected chi connectivity index (χ2v) is 4.56. The minimum Gasteiger partial charge on any atom is -0.467 e. The number of H-pyrrole nitrogens is 1. The van der Waals surface area contributed by atoms with Gasteiger partial charge in [-0.25, -0.2) is 4.79 Å². The summed E-state index contributed by atoms with van der Waals surface area (Å²) in [5.41, 5.74) is 2.80.